The van der Waals surface area contributed by atoms with Gasteiger partial charge in [0.1, 0.15) is 0 Å². The van der Waals surface area contributed by atoms with Crippen LogP contribution in [0.5, 0.6) is 0 Å². The Balaban J connectivity index is 2.18. The van der Waals surface area contributed by atoms with Gasteiger partial charge in [-0.25, -0.2) is 13.2 Å². The average molecular weight is 339 g/mol. The lowest BCUT2D eigenvalue weighted by atomic mass is 10.1. The summed E-state index contributed by atoms with van der Waals surface area (Å²) in [5, 5.41) is 10.9. The van der Waals surface area contributed by atoms with Crippen molar-refractivity contribution in [3.05, 3.63) is 57.8 Å². The van der Waals surface area contributed by atoms with Crippen molar-refractivity contribution in [2.24, 2.45) is 0 Å². The fourth-order valence-corrected chi connectivity index (χ4v) is 4.39. The van der Waals surface area contributed by atoms with Crippen LogP contribution in [-0.2, 0) is 22.3 Å². The van der Waals surface area contributed by atoms with Gasteiger partial charge in [-0.15, -0.1) is 11.3 Å². The highest BCUT2D eigenvalue weighted by Gasteiger charge is 2.22. The van der Waals surface area contributed by atoms with Crippen molar-refractivity contribution < 1.29 is 18.3 Å². The molecular formula is C15H17NO4S2. The van der Waals surface area contributed by atoms with Crippen LogP contribution in [0.25, 0.3) is 0 Å². The summed E-state index contributed by atoms with van der Waals surface area (Å²) in [4.78, 5) is 11.9. The first-order valence-electron chi connectivity index (χ1n) is 6.75. The fourth-order valence-electron chi connectivity index (χ4n) is 2.08. The van der Waals surface area contributed by atoms with Gasteiger partial charge in [0.15, 0.2) is 0 Å². The number of thiophene rings is 1. The topological polar surface area (TPSA) is 74.7 Å². The van der Waals surface area contributed by atoms with Crippen LogP contribution < -0.4 is 0 Å². The van der Waals surface area contributed by atoms with Crippen LogP contribution in [0.1, 0.15) is 27.7 Å². The molecule has 0 aliphatic carbocycles. The smallest absolute Gasteiger partial charge is 0.335 e. The number of carbonyl (C=O) groups is 1. The maximum atomic E-state index is 12.5. The van der Waals surface area contributed by atoms with E-state index in [0.717, 1.165) is 4.88 Å². The largest absolute Gasteiger partial charge is 0.478 e. The molecule has 0 aliphatic heterocycles. The van der Waals surface area contributed by atoms with Crippen LogP contribution in [0.2, 0.25) is 0 Å². The monoisotopic (exact) mass is 339 g/mol. The van der Waals surface area contributed by atoms with Gasteiger partial charge >= 0.3 is 5.97 Å². The van der Waals surface area contributed by atoms with E-state index in [-0.39, 0.29) is 11.3 Å². The van der Waals surface area contributed by atoms with Crippen molar-refractivity contribution in [1.29, 1.82) is 0 Å². The molecule has 1 aromatic heterocycles. The predicted octanol–water partition coefficient (Wildman–Crippen LogP) is 2.80. The van der Waals surface area contributed by atoms with E-state index in [2.05, 4.69) is 0 Å². The maximum Gasteiger partial charge on any atom is 0.335 e. The van der Waals surface area contributed by atoms with E-state index in [4.69, 9.17) is 5.11 Å². The molecule has 0 atom stereocenters. The first-order chi connectivity index (χ1) is 10.4. The molecule has 1 N–H and O–H groups in total. The molecular weight excluding hydrogens is 322 g/mol. The molecule has 1 aromatic carbocycles. The molecule has 0 spiro atoms. The Morgan fingerprint density at radius 1 is 1.27 bits per heavy atom. The minimum atomic E-state index is -3.50. The lowest BCUT2D eigenvalue weighted by Crippen LogP contribution is -2.31. The van der Waals surface area contributed by atoms with Crippen molar-refractivity contribution in [3.63, 3.8) is 0 Å². The third kappa shape index (κ3) is 4.16. The van der Waals surface area contributed by atoms with Gasteiger partial charge in [-0.1, -0.05) is 25.1 Å². The number of carboxylic acid groups (broad SMARTS) is 1. The molecule has 1 heterocycles. The van der Waals surface area contributed by atoms with Crippen LogP contribution in [-0.4, -0.2) is 30.3 Å². The summed E-state index contributed by atoms with van der Waals surface area (Å²) in [6, 6.07) is 9.82. The quantitative estimate of drug-likeness (QED) is 0.842. The molecule has 0 unspecified atom stereocenters. The molecule has 7 heteroatoms. The summed E-state index contributed by atoms with van der Waals surface area (Å²) in [6.45, 7) is 2.51. The highest BCUT2D eigenvalue weighted by Crippen LogP contribution is 2.18. The summed E-state index contributed by atoms with van der Waals surface area (Å²) < 4.78 is 26.5. The molecule has 118 valence electrons. The van der Waals surface area contributed by atoms with Gasteiger partial charge in [-0.2, -0.15) is 4.31 Å². The molecule has 0 aliphatic rings. The van der Waals surface area contributed by atoms with Crippen molar-refractivity contribution in [3.8, 4) is 0 Å². The van der Waals surface area contributed by atoms with E-state index in [1.54, 1.807) is 19.1 Å². The van der Waals surface area contributed by atoms with Crippen molar-refractivity contribution in [2.75, 3.05) is 6.54 Å². The second-order valence-electron chi connectivity index (χ2n) is 4.77. The van der Waals surface area contributed by atoms with E-state index < -0.39 is 16.0 Å². The number of aromatic carboxylic acids is 1. The van der Waals surface area contributed by atoms with Crippen LogP contribution in [0, 0.1) is 0 Å². The number of hydrogen-bond acceptors (Lipinski definition) is 4. The number of hydrogen-bond donors (Lipinski definition) is 1. The van der Waals surface area contributed by atoms with Crippen LogP contribution >= 0.6 is 11.3 Å². The molecule has 0 amide bonds. The van der Waals surface area contributed by atoms with Crippen LogP contribution in [0.3, 0.4) is 0 Å². The van der Waals surface area contributed by atoms with E-state index >= 15 is 0 Å². The highest BCUT2D eigenvalue weighted by molar-refractivity contribution is 7.88. The molecule has 0 radical (unpaired) electrons. The van der Waals surface area contributed by atoms with Gasteiger partial charge in [0.05, 0.1) is 11.3 Å². The Morgan fingerprint density at radius 3 is 2.64 bits per heavy atom. The molecule has 5 nitrogen and oxygen atoms in total. The zero-order valence-electron chi connectivity index (χ0n) is 12.1. The zero-order valence-corrected chi connectivity index (χ0v) is 13.7. The molecule has 2 rings (SSSR count). The second kappa shape index (κ2) is 7.04. The summed E-state index contributed by atoms with van der Waals surface area (Å²) in [7, 11) is -3.50. The van der Waals surface area contributed by atoms with Gasteiger partial charge in [0, 0.05) is 18.0 Å². The Morgan fingerprint density at radius 2 is 2.05 bits per heavy atom. The Labute approximate surface area is 133 Å². The molecule has 2 aromatic rings. The molecule has 0 saturated carbocycles. The summed E-state index contributed by atoms with van der Waals surface area (Å²) >= 11 is 1.51. The summed E-state index contributed by atoms with van der Waals surface area (Å²) in [5.74, 6) is -1.27. The first-order valence-corrected chi connectivity index (χ1v) is 9.23. The van der Waals surface area contributed by atoms with Gasteiger partial charge < -0.3 is 5.11 Å². The van der Waals surface area contributed by atoms with Gasteiger partial charge in [0.25, 0.3) is 0 Å². The van der Waals surface area contributed by atoms with E-state index in [0.29, 0.717) is 18.7 Å². The highest BCUT2D eigenvalue weighted by atomic mass is 32.2. The molecule has 0 fully saturated rings. The standard InChI is InChI=1S/C15H17NO4S2/c1-2-16(10-14-7-4-8-21-14)22(19,20)11-12-5-3-6-13(9-12)15(17)18/h3-9H,2,10-11H2,1H3,(H,17,18). The van der Waals surface area contributed by atoms with Crippen molar-refractivity contribution in [2.45, 2.75) is 19.2 Å². The minimum Gasteiger partial charge on any atom is -0.478 e. The predicted molar refractivity (Wildman–Crippen MR) is 86.4 cm³/mol. The van der Waals surface area contributed by atoms with E-state index in [1.165, 1.54) is 27.8 Å². The van der Waals surface area contributed by atoms with Crippen LogP contribution in [0.15, 0.2) is 41.8 Å². The molecule has 0 saturated heterocycles. The number of sulfonamides is 1. The summed E-state index contributed by atoms with van der Waals surface area (Å²) in [5.41, 5.74) is 0.568. The van der Waals surface area contributed by atoms with Gasteiger partial charge in [-0.05, 0) is 29.1 Å². The van der Waals surface area contributed by atoms with Crippen molar-refractivity contribution in [1.82, 2.24) is 4.31 Å². The Bertz CT molecular complexity index is 739. The lowest BCUT2D eigenvalue weighted by molar-refractivity contribution is 0.0696. The minimum absolute atomic E-state index is 0.0917. The third-order valence-electron chi connectivity index (χ3n) is 3.18. The average Bonchev–Trinajstić information content (AvgIpc) is 2.97. The zero-order chi connectivity index (χ0) is 16.2. The summed E-state index contributed by atoms with van der Waals surface area (Å²) in [6.07, 6.45) is 0. The van der Waals surface area contributed by atoms with Gasteiger partial charge in [0.2, 0.25) is 10.0 Å². The van der Waals surface area contributed by atoms with E-state index in [1.807, 2.05) is 17.5 Å². The van der Waals surface area contributed by atoms with E-state index in [9.17, 15) is 13.2 Å². The maximum absolute atomic E-state index is 12.5. The third-order valence-corrected chi connectivity index (χ3v) is 5.91. The number of rotatable bonds is 7. The van der Waals surface area contributed by atoms with Crippen molar-refractivity contribution >= 4 is 27.3 Å². The molecule has 0 bridgehead atoms. The number of carboxylic acids is 1. The second-order valence-corrected chi connectivity index (χ2v) is 7.77. The Hall–Kier alpha value is -1.70. The lowest BCUT2D eigenvalue weighted by Gasteiger charge is -2.20. The SMILES string of the molecule is CCN(Cc1cccs1)S(=O)(=O)Cc1cccc(C(=O)O)c1. The number of benzene rings is 1. The normalized spacial score (nSPS) is 11.7. The fraction of sp³-hybridized carbons (Fsp3) is 0.267. The van der Waals surface area contributed by atoms with Crippen LogP contribution in [0.4, 0.5) is 0 Å². The first kappa shape index (κ1) is 16.7. The number of nitrogens with zero attached hydrogens (tertiary/aromatic N) is 1. The molecule has 22 heavy (non-hydrogen) atoms. The Kier molecular flexibility index (Phi) is 5.33. The van der Waals surface area contributed by atoms with Gasteiger partial charge in [-0.3, -0.25) is 0 Å².